The largest absolute Gasteiger partial charge is 0.455 e. The Balaban J connectivity index is 1.18. The van der Waals surface area contributed by atoms with Crippen LogP contribution in [0.3, 0.4) is 0 Å². The van der Waals surface area contributed by atoms with Crippen LogP contribution in [-0.4, -0.2) is 4.57 Å². The van der Waals surface area contributed by atoms with Gasteiger partial charge in [-0.25, -0.2) is 0 Å². The van der Waals surface area contributed by atoms with E-state index in [1.165, 1.54) is 44.1 Å². The van der Waals surface area contributed by atoms with E-state index in [1.54, 1.807) is 0 Å². The van der Waals surface area contributed by atoms with E-state index < -0.39 is 0 Å². The Morgan fingerprint density at radius 2 is 1.04 bits per heavy atom. The molecule has 0 aliphatic heterocycles. The van der Waals surface area contributed by atoms with Gasteiger partial charge in [-0.2, -0.15) is 0 Å². The van der Waals surface area contributed by atoms with Crippen molar-refractivity contribution < 1.29 is 4.42 Å². The van der Waals surface area contributed by atoms with Gasteiger partial charge in [0.1, 0.15) is 11.2 Å². The highest BCUT2D eigenvalue weighted by molar-refractivity contribution is 6.12. The van der Waals surface area contributed by atoms with Gasteiger partial charge in [0.25, 0.3) is 0 Å². The number of rotatable bonds is 6. The summed E-state index contributed by atoms with van der Waals surface area (Å²) in [7, 11) is 0. The van der Waals surface area contributed by atoms with Crippen LogP contribution in [0.1, 0.15) is 11.1 Å². The monoisotopic (exact) mass is 680 g/mol. The van der Waals surface area contributed by atoms with Crippen molar-refractivity contribution in [3.63, 3.8) is 0 Å². The molecule has 0 aliphatic carbocycles. The first-order valence-electron chi connectivity index (χ1n) is 18.2. The molecule has 0 amide bonds. The van der Waals surface area contributed by atoms with Crippen molar-refractivity contribution in [3.8, 4) is 27.9 Å². The van der Waals surface area contributed by atoms with Gasteiger partial charge in [-0.3, -0.25) is 0 Å². The molecule has 0 saturated carbocycles. The lowest BCUT2D eigenvalue weighted by atomic mass is 9.98. The maximum absolute atomic E-state index is 6.69. The van der Waals surface area contributed by atoms with Crippen LogP contribution >= 0.6 is 0 Å². The first-order chi connectivity index (χ1) is 26.1. The fraction of sp³-hybridized carbons (Fsp3) is 0.0400. The van der Waals surface area contributed by atoms with Gasteiger partial charge in [-0.15, -0.1) is 0 Å². The summed E-state index contributed by atoms with van der Waals surface area (Å²) in [6, 6.07) is 65.3. The molecule has 2 aromatic heterocycles. The second-order valence-electron chi connectivity index (χ2n) is 13.9. The van der Waals surface area contributed by atoms with E-state index >= 15 is 0 Å². The van der Waals surface area contributed by atoms with Crippen LogP contribution in [0, 0.1) is 13.8 Å². The molecule has 0 atom stereocenters. The molecule has 0 aliphatic rings. The predicted molar refractivity (Wildman–Crippen MR) is 223 cm³/mol. The molecule has 3 nitrogen and oxygen atoms in total. The number of hydrogen-bond acceptors (Lipinski definition) is 2. The number of benzene rings is 8. The van der Waals surface area contributed by atoms with Crippen LogP contribution in [-0.2, 0) is 0 Å². The van der Waals surface area contributed by atoms with Crippen LogP contribution < -0.4 is 4.90 Å². The number of hydrogen-bond donors (Lipinski definition) is 0. The number of nitrogens with zero attached hydrogens (tertiary/aromatic N) is 2. The zero-order chi connectivity index (χ0) is 35.5. The van der Waals surface area contributed by atoms with E-state index in [4.69, 9.17) is 4.42 Å². The lowest BCUT2D eigenvalue weighted by Crippen LogP contribution is -2.13. The third-order valence-electron chi connectivity index (χ3n) is 10.6. The van der Waals surface area contributed by atoms with E-state index in [9.17, 15) is 0 Å². The summed E-state index contributed by atoms with van der Waals surface area (Å²) in [5.41, 5.74) is 15.6. The van der Waals surface area contributed by atoms with Crippen molar-refractivity contribution in [3.05, 3.63) is 193 Å². The molecular weight excluding hydrogens is 645 g/mol. The van der Waals surface area contributed by atoms with E-state index in [0.29, 0.717) is 0 Å². The highest BCUT2D eigenvalue weighted by Gasteiger charge is 2.22. The number of furan rings is 1. The van der Waals surface area contributed by atoms with E-state index in [0.717, 1.165) is 55.8 Å². The minimum atomic E-state index is 0.883. The van der Waals surface area contributed by atoms with Gasteiger partial charge in [0.2, 0.25) is 0 Å². The molecule has 0 N–H and O–H groups in total. The van der Waals surface area contributed by atoms with Crippen molar-refractivity contribution in [2.24, 2.45) is 0 Å². The molecule has 0 spiro atoms. The Bertz CT molecular complexity index is 2910. The molecule has 2 heterocycles. The molecule has 3 heteroatoms. The summed E-state index contributed by atoms with van der Waals surface area (Å²) in [5, 5.41) is 4.71. The maximum atomic E-state index is 6.69. The number of aromatic nitrogens is 1. The Hall–Kier alpha value is -6.84. The summed E-state index contributed by atoms with van der Waals surface area (Å²) in [6.07, 6.45) is 0. The fourth-order valence-electron chi connectivity index (χ4n) is 8.08. The lowest BCUT2D eigenvalue weighted by molar-refractivity contribution is 0.670. The molecule has 0 bridgehead atoms. The Kier molecular flexibility index (Phi) is 7.26. The molecule has 0 unspecified atom stereocenters. The molecule has 10 aromatic rings. The first kappa shape index (κ1) is 30.9. The Morgan fingerprint density at radius 1 is 0.434 bits per heavy atom. The third-order valence-corrected chi connectivity index (χ3v) is 10.6. The Morgan fingerprint density at radius 3 is 1.75 bits per heavy atom. The fourth-order valence-corrected chi connectivity index (χ4v) is 8.08. The van der Waals surface area contributed by atoms with Gasteiger partial charge in [-0.05, 0) is 102 Å². The van der Waals surface area contributed by atoms with Crippen LogP contribution in [0.25, 0.3) is 71.7 Å². The summed E-state index contributed by atoms with van der Waals surface area (Å²) in [5.74, 6) is 0. The lowest BCUT2D eigenvalue weighted by Gasteiger charge is -2.29. The molecule has 0 saturated heterocycles. The van der Waals surface area contributed by atoms with E-state index in [2.05, 4.69) is 199 Å². The normalized spacial score (nSPS) is 11.6. The van der Waals surface area contributed by atoms with Crippen molar-refractivity contribution in [2.75, 3.05) is 4.90 Å². The maximum Gasteiger partial charge on any atom is 0.143 e. The molecule has 53 heavy (non-hydrogen) atoms. The highest BCUT2D eigenvalue weighted by atomic mass is 16.3. The average molecular weight is 681 g/mol. The molecule has 0 fully saturated rings. The first-order valence-corrected chi connectivity index (χ1v) is 18.2. The minimum Gasteiger partial charge on any atom is -0.455 e. The summed E-state index contributed by atoms with van der Waals surface area (Å²) < 4.78 is 9.05. The number of fused-ring (bicyclic) bond motifs is 6. The topological polar surface area (TPSA) is 21.3 Å². The Labute approximate surface area is 308 Å². The summed E-state index contributed by atoms with van der Waals surface area (Å²) in [6.45, 7) is 4.41. The van der Waals surface area contributed by atoms with Crippen LogP contribution in [0.2, 0.25) is 0 Å². The van der Waals surface area contributed by atoms with Crippen LogP contribution in [0.5, 0.6) is 0 Å². The predicted octanol–water partition coefficient (Wildman–Crippen LogP) is 14.1. The summed E-state index contributed by atoms with van der Waals surface area (Å²) in [4.78, 5) is 2.41. The highest BCUT2D eigenvalue weighted by Crippen LogP contribution is 2.45. The van der Waals surface area contributed by atoms with Gasteiger partial charge >= 0.3 is 0 Å². The number of para-hydroxylation sites is 4. The van der Waals surface area contributed by atoms with Gasteiger partial charge in [0.05, 0.1) is 11.0 Å². The molecule has 8 aromatic carbocycles. The zero-order valence-corrected chi connectivity index (χ0v) is 29.6. The van der Waals surface area contributed by atoms with Crippen LogP contribution in [0.4, 0.5) is 17.1 Å². The van der Waals surface area contributed by atoms with Crippen molar-refractivity contribution >= 4 is 60.8 Å². The van der Waals surface area contributed by atoms with Gasteiger partial charge in [-0.1, -0.05) is 121 Å². The van der Waals surface area contributed by atoms with Crippen molar-refractivity contribution in [1.29, 1.82) is 0 Å². The van der Waals surface area contributed by atoms with Crippen molar-refractivity contribution in [1.82, 2.24) is 4.57 Å². The molecule has 252 valence electrons. The van der Waals surface area contributed by atoms with Gasteiger partial charge < -0.3 is 13.9 Å². The van der Waals surface area contributed by atoms with Crippen molar-refractivity contribution in [2.45, 2.75) is 13.8 Å². The second kappa shape index (κ2) is 12.4. The van der Waals surface area contributed by atoms with Crippen LogP contribution in [0.15, 0.2) is 186 Å². The quantitative estimate of drug-likeness (QED) is 0.174. The number of anilines is 3. The third kappa shape index (κ3) is 5.12. The molecule has 0 radical (unpaired) electrons. The molecule has 10 rings (SSSR count). The zero-order valence-electron chi connectivity index (χ0n) is 29.6. The molecular formula is C50H36N2O. The summed E-state index contributed by atoms with van der Waals surface area (Å²) >= 11 is 0. The smallest absolute Gasteiger partial charge is 0.143 e. The van der Waals surface area contributed by atoms with E-state index in [-0.39, 0.29) is 0 Å². The standard InChI is InChI=1S/C50H36N2O/c1-33-14-6-10-20-45(33)52(46-29-26-37(30-34(46)2)35-15-4-3-5-16-35)39-31-43(50-44(32-39)42-19-9-13-23-49(42)53-50)36-24-27-38(28-25-36)51-47-21-11-7-17-40(47)41-18-8-12-22-48(41)51/h3-32H,1-2H3. The number of aryl methyl sites for hydroxylation is 2. The minimum absolute atomic E-state index is 0.883. The van der Waals surface area contributed by atoms with Gasteiger partial charge in [0, 0.05) is 49.9 Å². The van der Waals surface area contributed by atoms with E-state index in [1.807, 2.05) is 6.07 Å². The SMILES string of the molecule is Cc1ccccc1N(c1cc(-c2ccc(-n3c4ccccc4c4ccccc43)cc2)c2oc3ccccc3c2c1)c1ccc(-c2ccccc2)cc1C. The van der Waals surface area contributed by atoms with Gasteiger partial charge in [0.15, 0.2) is 0 Å². The second-order valence-corrected chi connectivity index (χ2v) is 13.9. The average Bonchev–Trinajstić information content (AvgIpc) is 3.75.